The molecule has 0 aliphatic rings. The second-order valence-corrected chi connectivity index (χ2v) is 5.30. The zero-order valence-corrected chi connectivity index (χ0v) is 12.2. The Kier molecular flexibility index (Phi) is 4.87. The number of benzene rings is 1. The quantitative estimate of drug-likeness (QED) is 0.721. The number of alkyl halides is 3. The predicted molar refractivity (Wildman–Crippen MR) is 77.2 cm³/mol. The van der Waals surface area contributed by atoms with Gasteiger partial charge in [0.15, 0.2) is 10.8 Å². The Bertz CT molecular complexity index is 672. The van der Waals surface area contributed by atoms with E-state index in [-0.39, 0.29) is 11.5 Å². The van der Waals surface area contributed by atoms with Gasteiger partial charge in [0.05, 0.1) is 0 Å². The number of hydrogen-bond donors (Lipinski definition) is 0. The van der Waals surface area contributed by atoms with Crippen molar-refractivity contribution in [2.45, 2.75) is 13.3 Å². The molecule has 0 atom stereocenters. The molecule has 0 radical (unpaired) electrons. The van der Waals surface area contributed by atoms with Crippen LogP contribution in [0.5, 0.6) is 16.6 Å². The van der Waals surface area contributed by atoms with Crippen molar-refractivity contribution in [2.75, 3.05) is 0 Å². The maximum Gasteiger partial charge on any atom is 0.573 e. The van der Waals surface area contributed by atoms with Crippen LogP contribution in [0, 0.1) is 0 Å². The molecule has 1 heterocycles. The molecule has 0 saturated heterocycles. The fourth-order valence-corrected chi connectivity index (χ4v) is 2.28. The van der Waals surface area contributed by atoms with Gasteiger partial charge >= 0.3 is 6.36 Å². The summed E-state index contributed by atoms with van der Waals surface area (Å²) in [5.41, 5.74) is 0. The average molecular weight is 328 g/mol. The first-order valence-electron chi connectivity index (χ1n) is 6.14. The normalized spacial score (nSPS) is 11.6. The van der Waals surface area contributed by atoms with E-state index in [1.165, 1.54) is 48.6 Å². The summed E-state index contributed by atoms with van der Waals surface area (Å²) >= 11 is 1.31. The minimum atomic E-state index is -4.71. The highest BCUT2D eigenvalue weighted by Gasteiger charge is 2.30. The Morgan fingerprint density at radius 3 is 2.32 bits per heavy atom. The Morgan fingerprint density at radius 1 is 1.09 bits per heavy atom. The molecular formula is C15H11F3O3S. The number of ketones is 1. The molecule has 0 aliphatic heterocycles. The summed E-state index contributed by atoms with van der Waals surface area (Å²) in [7, 11) is 0. The SMILES string of the molecule is CC(=O)/C=C/c1ccc(Oc2ccc(OC(F)(F)F)cc2)s1. The molecule has 1 aromatic heterocycles. The predicted octanol–water partition coefficient (Wildman–Crippen LogP) is 5.04. The highest BCUT2D eigenvalue weighted by atomic mass is 32.1. The van der Waals surface area contributed by atoms with E-state index in [0.29, 0.717) is 10.8 Å². The third-order valence-corrected chi connectivity index (χ3v) is 3.29. The summed E-state index contributed by atoms with van der Waals surface area (Å²) in [5.74, 6) is 0.0192. The van der Waals surface area contributed by atoms with Gasteiger partial charge in [0, 0.05) is 4.88 Å². The molecule has 2 aromatic rings. The van der Waals surface area contributed by atoms with Gasteiger partial charge in [-0.1, -0.05) is 11.3 Å². The van der Waals surface area contributed by atoms with Crippen LogP contribution in [0.25, 0.3) is 6.08 Å². The summed E-state index contributed by atoms with van der Waals surface area (Å²) in [6, 6.07) is 8.60. The number of hydrogen-bond acceptors (Lipinski definition) is 4. The lowest BCUT2D eigenvalue weighted by Crippen LogP contribution is -2.16. The van der Waals surface area contributed by atoms with E-state index in [2.05, 4.69) is 4.74 Å². The lowest BCUT2D eigenvalue weighted by Gasteiger charge is -2.09. The summed E-state index contributed by atoms with van der Waals surface area (Å²) in [5, 5.41) is 0.563. The zero-order valence-electron chi connectivity index (χ0n) is 11.4. The molecule has 0 bridgehead atoms. The van der Waals surface area contributed by atoms with E-state index in [9.17, 15) is 18.0 Å². The topological polar surface area (TPSA) is 35.5 Å². The fraction of sp³-hybridized carbons (Fsp3) is 0.133. The molecule has 2 rings (SSSR count). The van der Waals surface area contributed by atoms with Crippen molar-refractivity contribution in [3.63, 3.8) is 0 Å². The molecule has 0 fully saturated rings. The van der Waals surface area contributed by atoms with Crippen molar-refractivity contribution in [3.8, 4) is 16.6 Å². The van der Waals surface area contributed by atoms with Crippen LogP contribution in [0.4, 0.5) is 13.2 Å². The van der Waals surface area contributed by atoms with Gasteiger partial charge in [-0.05, 0) is 55.5 Å². The average Bonchev–Trinajstić information content (AvgIpc) is 2.85. The van der Waals surface area contributed by atoms with Gasteiger partial charge in [-0.2, -0.15) is 0 Å². The lowest BCUT2D eigenvalue weighted by atomic mass is 10.3. The second-order valence-electron chi connectivity index (χ2n) is 4.22. The van der Waals surface area contributed by atoms with Crippen LogP contribution < -0.4 is 9.47 Å². The third kappa shape index (κ3) is 5.25. The zero-order chi connectivity index (χ0) is 16.2. The van der Waals surface area contributed by atoms with Crippen molar-refractivity contribution >= 4 is 23.2 Å². The highest BCUT2D eigenvalue weighted by molar-refractivity contribution is 7.14. The maximum atomic E-state index is 12.0. The Hall–Kier alpha value is -2.28. The molecule has 0 aliphatic carbocycles. The van der Waals surface area contributed by atoms with Crippen LogP contribution in [0.3, 0.4) is 0 Å². The molecular weight excluding hydrogens is 317 g/mol. The van der Waals surface area contributed by atoms with Gasteiger partial charge in [-0.3, -0.25) is 4.79 Å². The van der Waals surface area contributed by atoms with E-state index in [1.807, 2.05) is 0 Å². The van der Waals surface area contributed by atoms with E-state index >= 15 is 0 Å². The number of carbonyl (C=O) groups excluding carboxylic acids is 1. The molecule has 0 saturated carbocycles. The number of ether oxygens (including phenoxy) is 2. The van der Waals surface area contributed by atoms with Crippen molar-refractivity contribution < 1.29 is 27.4 Å². The molecule has 0 amide bonds. The third-order valence-electron chi connectivity index (χ3n) is 2.36. The number of carbonyl (C=O) groups is 1. The van der Waals surface area contributed by atoms with Crippen molar-refractivity contribution in [3.05, 3.63) is 47.4 Å². The maximum absolute atomic E-state index is 12.0. The van der Waals surface area contributed by atoms with Crippen LogP contribution in [0.2, 0.25) is 0 Å². The number of thiophene rings is 1. The van der Waals surface area contributed by atoms with Crippen LogP contribution in [-0.4, -0.2) is 12.1 Å². The first-order valence-corrected chi connectivity index (χ1v) is 6.96. The van der Waals surface area contributed by atoms with Crippen LogP contribution in [0.15, 0.2) is 42.5 Å². The summed E-state index contributed by atoms with van der Waals surface area (Å²) < 4.78 is 45.4. The van der Waals surface area contributed by atoms with Crippen molar-refractivity contribution in [2.24, 2.45) is 0 Å². The molecule has 22 heavy (non-hydrogen) atoms. The fourth-order valence-electron chi connectivity index (χ4n) is 1.50. The minimum absolute atomic E-state index is 0.0591. The second kappa shape index (κ2) is 6.65. The van der Waals surface area contributed by atoms with Gasteiger partial charge in [0.1, 0.15) is 11.5 Å². The van der Waals surface area contributed by atoms with Gasteiger partial charge in [-0.25, -0.2) is 0 Å². The summed E-state index contributed by atoms with van der Waals surface area (Å²) in [6.45, 7) is 1.45. The van der Waals surface area contributed by atoms with Gasteiger partial charge < -0.3 is 9.47 Å². The van der Waals surface area contributed by atoms with Crippen LogP contribution in [0.1, 0.15) is 11.8 Å². The van der Waals surface area contributed by atoms with Gasteiger partial charge in [0.25, 0.3) is 0 Å². The number of halogens is 3. The number of allylic oxidation sites excluding steroid dienone is 1. The summed E-state index contributed by atoms with van der Waals surface area (Å²) in [6.07, 6.45) is -1.60. The lowest BCUT2D eigenvalue weighted by molar-refractivity contribution is -0.274. The Labute approximate surface area is 128 Å². The molecule has 3 nitrogen and oxygen atoms in total. The molecule has 0 N–H and O–H groups in total. The molecule has 116 valence electrons. The Morgan fingerprint density at radius 2 is 1.73 bits per heavy atom. The molecule has 1 aromatic carbocycles. The van der Waals surface area contributed by atoms with Crippen molar-refractivity contribution in [1.82, 2.24) is 0 Å². The van der Waals surface area contributed by atoms with Crippen LogP contribution in [-0.2, 0) is 4.79 Å². The molecule has 0 unspecified atom stereocenters. The van der Waals surface area contributed by atoms with Crippen molar-refractivity contribution in [1.29, 1.82) is 0 Å². The van der Waals surface area contributed by atoms with E-state index in [0.717, 1.165) is 4.88 Å². The van der Waals surface area contributed by atoms with E-state index in [4.69, 9.17) is 4.74 Å². The molecule has 0 spiro atoms. The van der Waals surface area contributed by atoms with E-state index < -0.39 is 6.36 Å². The highest BCUT2D eigenvalue weighted by Crippen LogP contribution is 2.31. The smallest absolute Gasteiger partial charge is 0.447 e. The Balaban J connectivity index is 2.00. The molecule has 7 heteroatoms. The standard InChI is InChI=1S/C15H11F3O3S/c1-10(19)2-7-13-8-9-14(22-13)20-11-3-5-12(6-4-11)21-15(16,17)18/h2-9H,1H3/b7-2+. The van der Waals surface area contributed by atoms with Gasteiger partial charge in [0.2, 0.25) is 0 Å². The largest absolute Gasteiger partial charge is 0.573 e. The van der Waals surface area contributed by atoms with Crippen LogP contribution >= 0.6 is 11.3 Å². The summed E-state index contributed by atoms with van der Waals surface area (Å²) in [4.78, 5) is 11.7. The monoisotopic (exact) mass is 328 g/mol. The number of rotatable bonds is 5. The van der Waals surface area contributed by atoms with E-state index in [1.54, 1.807) is 18.2 Å². The van der Waals surface area contributed by atoms with Gasteiger partial charge in [-0.15, -0.1) is 13.2 Å². The first kappa shape index (κ1) is 16.1. The first-order chi connectivity index (χ1) is 10.3. The minimum Gasteiger partial charge on any atom is -0.447 e.